The molecular weight excluding hydrogens is 490 g/mol. The number of sulfonamides is 1. The van der Waals surface area contributed by atoms with Crippen LogP contribution >= 0.6 is 0 Å². The molecule has 8 nitrogen and oxygen atoms in total. The Hall–Kier alpha value is -3.69. The average Bonchev–Trinajstić information content (AvgIpc) is 2.87. The number of nitrogens with one attached hydrogen (secondary N) is 2. The van der Waals surface area contributed by atoms with Crippen LogP contribution in [-0.4, -0.2) is 46.7 Å². The van der Waals surface area contributed by atoms with Crippen LogP contribution in [0.1, 0.15) is 43.8 Å². The van der Waals surface area contributed by atoms with Crippen molar-refractivity contribution in [2.45, 2.75) is 26.8 Å². The van der Waals surface area contributed by atoms with Crippen LogP contribution in [0, 0.1) is 13.8 Å². The Labute approximate surface area is 218 Å². The van der Waals surface area contributed by atoms with Crippen molar-refractivity contribution in [1.82, 2.24) is 5.32 Å². The molecule has 0 aliphatic carbocycles. The Morgan fingerprint density at radius 2 is 1.62 bits per heavy atom. The summed E-state index contributed by atoms with van der Waals surface area (Å²) >= 11 is 0. The van der Waals surface area contributed by atoms with E-state index < -0.39 is 10.0 Å². The van der Waals surface area contributed by atoms with Crippen LogP contribution in [0.5, 0.6) is 0 Å². The van der Waals surface area contributed by atoms with Crippen LogP contribution in [0.4, 0.5) is 11.4 Å². The van der Waals surface area contributed by atoms with Crippen molar-refractivity contribution in [3.63, 3.8) is 0 Å². The van der Waals surface area contributed by atoms with Crippen molar-refractivity contribution in [2.75, 3.05) is 36.1 Å². The molecule has 0 spiro atoms. The van der Waals surface area contributed by atoms with E-state index in [4.69, 9.17) is 4.74 Å². The van der Waals surface area contributed by atoms with Crippen molar-refractivity contribution < 1.29 is 22.7 Å². The summed E-state index contributed by atoms with van der Waals surface area (Å²) in [6, 6.07) is 19.1. The highest BCUT2D eigenvalue weighted by Gasteiger charge is 2.19. The van der Waals surface area contributed by atoms with Crippen LogP contribution in [0.3, 0.4) is 0 Å². The fourth-order valence-electron chi connectivity index (χ4n) is 3.71. The van der Waals surface area contributed by atoms with E-state index in [2.05, 4.69) is 10.6 Å². The van der Waals surface area contributed by atoms with Crippen molar-refractivity contribution >= 4 is 33.2 Å². The van der Waals surface area contributed by atoms with Gasteiger partial charge in [0, 0.05) is 25.8 Å². The van der Waals surface area contributed by atoms with E-state index in [0.717, 1.165) is 16.7 Å². The lowest BCUT2D eigenvalue weighted by Gasteiger charge is -2.23. The summed E-state index contributed by atoms with van der Waals surface area (Å²) in [6.45, 7) is 5.05. The van der Waals surface area contributed by atoms with Gasteiger partial charge in [-0.3, -0.25) is 13.9 Å². The number of para-hydroxylation sites is 1. The normalized spacial score (nSPS) is 11.1. The number of amides is 2. The smallest absolute Gasteiger partial charge is 0.255 e. The molecule has 0 bridgehead atoms. The van der Waals surface area contributed by atoms with Gasteiger partial charge in [0.15, 0.2) is 0 Å². The van der Waals surface area contributed by atoms with E-state index in [1.54, 1.807) is 61.7 Å². The zero-order valence-corrected chi connectivity index (χ0v) is 22.4. The van der Waals surface area contributed by atoms with Gasteiger partial charge in [0.25, 0.3) is 11.8 Å². The Bertz CT molecular complexity index is 1350. The Morgan fingerprint density at radius 3 is 2.27 bits per heavy atom. The van der Waals surface area contributed by atoms with E-state index >= 15 is 0 Å². The molecule has 37 heavy (non-hydrogen) atoms. The van der Waals surface area contributed by atoms with E-state index in [-0.39, 0.29) is 18.4 Å². The van der Waals surface area contributed by atoms with Crippen molar-refractivity contribution in [3.8, 4) is 0 Å². The maximum Gasteiger partial charge on any atom is 0.255 e. The molecule has 0 saturated heterocycles. The minimum absolute atomic E-state index is 0.134. The number of carbonyl (C=O) groups excluding carboxylic acids is 2. The number of hydrogen-bond acceptors (Lipinski definition) is 5. The number of rotatable bonds is 11. The van der Waals surface area contributed by atoms with Crippen LogP contribution in [0.15, 0.2) is 66.7 Å². The first-order valence-corrected chi connectivity index (χ1v) is 13.8. The minimum atomic E-state index is -3.53. The van der Waals surface area contributed by atoms with E-state index in [1.807, 2.05) is 26.0 Å². The van der Waals surface area contributed by atoms with Gasteiger partial charge < -0.3 is 15.4 Å². The van der Waals surface area contributed by atoms with Gasteiger partial charge in [-0.15, -0.1) is 0 Å². The fraction of sp³-hybridized carbons (Fsp3) is 0.286. The Balaban J connectivity index is 1.72. The van der Waals surface area contributed by atoms with Gasteiger partial charge in [0.1, 0.15) is 0 Å². The van der Waals surface area contributed by atoms with Gasteiger partial charge in [0.2, 0.25) is 10.0 Å². The van der Waals surface area contributed by atoms with Crippen molar-refractivity contribution in [2.24, 2.45) is 0 Å². The first-order chi connectivity index (χ1) is 17.6. The van der Waals surface area contributed by atoms with Gasteiger partial charge in [-0.05, 0) is 73.4 Å². The molecule has 2 amide bonds. The topological polar surface area (TPSA) is 105 Å². The number of nitrogens with zero attached hydrogens (tertiary/aromatic N) is 1. The highest BCUT2D eigenvalue weighted by Crippen LogP contribution is 2.24. The number of hydrogen-bond donors (Lipinski definition) is 2. The third-order valence-corrected chi connectivity index (χ3v) is 7.09. The number of benzene rings is 3. The molecule has 9 heteroatoms. The zero-order chi connectivity index (χ0) is 27.0. The summed E-state index contributed by atoms with van der Waals surface area (Å²) < 4.78 is 31.4. The van der Waals surface area contributed by atoms with Crippen LogP contribution in [0.25, 0.3) is 0 Å². The number of ether oxygens (including phenoxy) is 1. The largest absolute Gasteiger partial charge is 0.385 e. The predicted octanol–water partition coefficient (Wildman–Crippen LogP) is 4.29. The van der Waals surface area contributed by atoms with E-state index in [1.165, 1.54) is 10.6 Å². The first kappa shape index (κ1) is 27.9. The molecule has 0 unspecified atom stereocenters. The molecule has 196 valence electrons. The summed E-state index contributed by atoms with van der Waals surface area (Å²) in [7, 11) is -1.92. The highest BCUT2D eigenvalue weighted by atomic mass is 32.2. The number of anilines is 2. The highest BCUT2D eigenvalue weighted by molar-refractivity contribution is 7.92. The van der Waals surface area contributed by atoms with Crippen LogP contribution < -0.4 is 14.9 Å². The molecule has 0 aliphatic rings. The molecule has 0 fully saturated rings. The molecular formula is C28H33N3O5S. The fourth-order valence-corrected chi connectivity index (χ4v) is 4.59. The van der Waals surface area contributed by atoms with E-state index in [0.29, 0.717) is 42.1 Å². The number of carbonyl (C=O) groups is 2. The monoisotopic (exact) mass is 523 g/mol. The van der Waals surface area contributed by atoms with Crippen molar-refractivity contribution in [1.29, 1.82) is 0 Å². The van der Waals surface area contributed by atoms with Crippen LogP contribution in [0.2, 0.25) is 0 Å². The summed E-state index contributed by atoms with van der Waals surface area (Å²) in [5.41, 5.74) is 4.55. The summed E-state index contributed by atoms with van der Waals surface area (Å²) in [6.07, 6.45) is 1.86. The summed E-state index contributed by atoms with van der Waals surface area (Å²) in [4.78, 5) is 25.5. The van der Waals surface area contributed by atoms with Crippen molar-refractivity contribution in [3.05, 3.63) is 94.5 Å². The second kappa shape index (κ2) is 12.5. The first-order valence-electron chi connectivity index (χ1n) is 11.9. The lowest BCUT2D eigenvalue weighted by atomic mass is 10.1. The van der Waals surface area contributed by atoms with Gasteiger partial charge in [-0.2, -0.15) is 0 Å². The third-order valence-electron chi connectivity index (χ3n) is 5.95. The lowest BCUT2D eigenvalue weighted by Crippen LogP contribution is -2.29. The summed E-state index contributed by atoms with van der Waals surface area (Å²) in [5, 5.41) is 5.62. The second-order valence-corrected chi connectivity index (χ2v) is 10.7. The number of aryl methyl sites for hydroxylation is 2. The summed E-state index contributed by atoms with van der Waals surface area (Å²) in [5.74, 6) is -0.658. The minimum Gasteiger partial charge on any atom is -0.385 e. The van der Waals surface area contributed by atoms with Crippen LogP contribution in [-0.2, 0) is 21.3 Å². The molecule has 0 aliphatic heterocycles. The molecule has 3 aromatic carbocycles. The number of methoxy groups -OCH3 is 1. The predicted molar refractivity (Wildman–Crippen MR) is 147 cm³/mol. The van der Waals surface area contributed by atoms with Gasteiger partial charge >= 0.3 is 0 Å². The Morgan fingerprint density at radius 1 is 0.919 bits per heavy atom. The molecule has 0 heterocycles. The molecule has 0 radical (unpaired) electrons. The molecule has 0 atom stereocenters. The Kier molecular flexibility index (Phi) is 9.43. The quantitative estimate of drug-likeness (QED) is 0.365. The zero-order valence-electron chi connectivity index (χ0n) is 21.6. The lowest BCUT2D eigenvalue weighted by molar-refractivity contribution is 0.0949. The SMILES string of the molecule is COCCCNC(=O)c1ccccc1NC(=O)c1ccc(CN(c2ccc(C)c(C)c2)S(C)(=O)=O)cc1. The third kappa shape index (κ3) is 7.65. The molecule has 0 saturated carbocycles. The van der Waals surface area contributed by atoms with Gasteiger partial charge in [0.05, 0.1) is 29.7 Å². The van der Waals surface area contributed by atoms with Gasteiger partial charge in [-0.1, -0.05) is 30.3 Å². The molecule has 3 aromatic rings. The molecule has 0 aromatic heterocycles. The standard InChI is InChI=1S/C28H33N3O5S/c1-20-10-15-24(18-21(20)2)31(37(4,34)35)19-22-11-13-23(14-12-22)27(32)30-26-9-6-5-8-25(26)28(33)29-16-7-17-36-3/h5-6,8-15,18H,7,16-17,19H2,1-4H3,(H,29,33)(H,30,32). The maximum absolute atomic E-state index is 12.9. The molecule has 2 N–H and O–H groups in total. The second-order valence-electron chi connectivity index (χ2n) is 8.84. The van der Waals surface area contributed by atoms with Gasteiger partial charge in [-0.25, -0.2) is 8.42 Å². The average molecular weight is 524 g/mol. The maximum atomic E-state index is 12.9. The van der Waals surface area contributed by atoms with E-state index in [9.17, 15) is 18.0 Å². The molecule has 3 rings (SSSR count).